The Labute approximate surface area is 213 Å². The standard InChI is InChI=1S/C30H32N2O4/c1-33-27-16-15-22(13-10-18-32)19-25(27)26-20-24(14-8-5-9-17-31)28(30(35-3)29(26)34-2)36-21-23-11-6-4-7-12-23/h4,6-7,11-12,15-16,19-20H,5,8-10,13-14,21H2,1-3H3. The average Bonchev–Trinajstić information content (AvgIpc) is 2.92. The Morgan fingerprint density at radius 1 is 0.667 bits per heavy atom. The summed E-state index contributed by atoms with van der Waals surface area (Å²) in [5.41, 5.74) is 4.74. The number of hydrogen-bond donors (Lipinski definition) is 0. The number of nitriles is 2. The van der Waals surface area contributed by atoms with Crippen molar-refractivity contribution < 1.29 is 18.9 Å². The van der Waals surface area contributed by atoms with E-state index in [9.17, 15) is 0 Å². The van der Waals surface area contributed by atoms with Crippen molar-refractivity contribution in [2.24, 2.45) is 0 Å². The minimum atomic E-state index is 0.387. The van der Waals surface area contributed by atoms with Crippen molar-refractivity contribution in [1.82, 2.24) is 0 Å². The molecule has 3 aromatic carbocycles. The second kappa shape index (κ2) is 13.7. The molecule has 0 aliphatic carbocycles. The van der Waals surface area contributed by atoms with Crippen molar-refractivity contribution in [1.29, 1.82) is 10.5 Å². The summed E-state index contributed by atoms with van der Waals surface area (Å²) in [4.78, 5) is 0. The maximum atomic E-state index is 9.04. The number of rotatable bonds is 13. The normalized spacial score (nSPS) is 10.2. The molecule has 0 aliphatic heterocycles. The Kier molecular flexibility index (Phi) is 10.0. The molecule has 0 aromatic heterocycles. The lowest BCUT2D eigenvalue weighted by Gasteiger charge is -2.22. The van der Waals surface area contributed by atoms with Crippen molar-refractivity contribution in [2.75, 3.05) is 21.3 Å². The highest BCUT2D eigenvalue weighted by atomic mass is 16.5. The number of ether oxygens (including phenoxy) is 4. The average molecular weight is 485 g/mol. The summed E-state index contributed by atoms with van der Waals surface area (Å²) in [5.74, 6) is 2.41. The first kappa shape index (κ1) is 26.4. The van der Waals surface area contributed by atoms with E-state index in [4.69, 9.17) is 29.5 Å². The van der Waals surface area contributed by atoms with Crippen LogP contribution in [0.5, 0.6) is 23.0 Å². The van der Waals surface area contributed by atoms with Gasteiger partial charge in [-0.1, -0.05) is 36.4 Å². The molecule has 0 saturated carbocycles. The Morgan fingerprint density at radius 3 is 2.08 bits per heavy atom. The van der Waals surface area contributed by atoms with E-state index in [1.54, 1.807) is 21.3 Å². The number of methoxy groups -OCH3 is 3. The molecule has 0 amide bonds. The Bertz CT molecular complexity index is 1230. The van der Waals surface area contributed by atoms with Gasteiger partial charge in [-0.05, 0) is 60.6 Å². The lowest BCUT2D eigenvalue weighted by Crippen LogP contribution is -2.05. The molecule has 3 rings (SSSR count). The predicted octanol–water partition coefficient (Wildman–Crippen LogP) is 6.65. The molecule has 0 heterocycles. The van der Waals surface area contributed by atoms with Crippen LogP contribution in [0, 0.1) is 22.7 Å². The van der Waals surface area contributed by atoms with Crippen LogP contribution in [0.4, 0.5) is 0 Å². The summed E-state index contributed by atoms with van der Waals surface area (Å²) >= 11 is 0. The first-order valence-corrected chi connectivity index (χ1v) is 12.0. The number of unbranched alkanes of at least 4 members (excludes halogenated alkanes) is 2. The summed E-state index contributed by atoms with van der Waals surface area (Å²) in [7, 11) is 4.86. The molecule has 186 valence electrons. The van der Waals surface area contributed by atoms with Crippen LogP contribution in [0.15, 0.2) is 54.6 Å². The largest absolute Gasteiger partial charge is 0.496 e. The predicted molar refractivity (Wildman–Crippen MR) is 139 cm³/mol. The number of benzene rings is 3. The third-order valence-electron chi connectivity index (χ3n) is 5.97. The molecule has 0 bridgehead atoms. The fourth-order valence-corrected chi connectivity index (χ4v) is 4.18. The van der Waals surface area contributed by atoms with Gasteiger partial charge in [-0.25, -0.2) is 0 Å². The maximum Gasteiger partial charge on any atom is 0.204 e. The highest BCUT2D eigenvalue weighted by Crippen LogP contribution is 2.49. The number of hydrogen-bond acceptors (Lipinski definition) is 6. The van der Waals surface area contributed by atoms with Crippen molar-refractivity contribution in [3.8, 4) is 46.3 Å². The quantitative estimate of drug-likeness (QED) is 0.253. The Balaban J connectivity index is 2.14. The van der Waals surface area contributed by atoms with Crippen LogP contribution < -0.4 is 18.9 Å². The van der Waals surface area contributed by atoms with Crippen LogP contribution in [-0.2, 0) is 19.4 Å². The minimum Gasteiger partial charge on any atom is -0.496 e. The molecular formula is C30H32N2O4. The molecule has 0 N–H and O–H groups in total. The highest BCUT2D eigenvalue weighted by Gasteiger charge is 2.24. The number of aryl methyl sites for hydroxylation is 2. The van der Waals surface area contributed by atoms with Gasteiger partial charge in [0.2, 0.25) is 5.75 Å². The second-order valence-corrected chi connectivity index (χ2v) is 8.31. The molecule has 6 heteroatoms. The van der Waals surface area contributed by atoms with Crippen molar-refractivity contribution >= 4 is 0 Å². The van der Waals surface area contributed by atoms with E-state index >= 15 is 0 Å². The van der Waals surface area contributed by atoms with Crippen molar-refractivity contribution in [2.45, 2.75) is 45.1 Å². The van der Waals surface area contributed by atoms with E-state index in [1.165, 1.54) is 0 Å². The molecule has 36 heavy (non-hydrogen) atoms. The van der Waals surface area contributed by atoms with E-state index in [1.807, 2.05) is 48.5 Å². The topological polar surface area (TPSA) is 84.5 Å². The Hall–Kier alpha value is -4.16. The zero-order valence-electron chi connectivity index (χ0n) is 21.2. The molecule has 0 saturated heterocycles. The summed E-state index contributed by atoms with van der Waals surface area (Å²) < 4.78 is 23.8. The maximum absolute atomic E-state index is 9.04. The number of nitrogens with zero attached hydrogens (tertiary/aromatic N) is 2. The lowest BCUT2D eigenvalue weighted by molar-refractivity contribution is 0.272. The zero-order chi connectivity index (χ0) is 25.8. The summed E-state index contributed by atoms with van der Waals surface area (Å²) in [6.07, 6.45) is 3.94. The fourth-order valence-electron chi connectivity index (χ4n) is 4.18. The van der Waals surface area contributed by atoms with Crippen molar-refractivity contribution in [3.05, 3.63) is 71.3 Å². The first-order valence-electron chi connectivity index (χ1n) is 12.0. The molecule has 6 nitrogen and oxygen atoms in total. The van der Waals surface area contributed by atoms with Gasteiger partial charge in [0, 0.05) is 24.0 Å². The monoisotopic (exact) mass is 484 g/mol. The van der Waals surface area contributed by atoms with Gasteiger partial charge in [-0.2, -0.15) is 10.5 Å². The van der Waals surface area contributed by atoms with Crippen LogP contribution in [0.1, 0.15) is 42.4 Å². The van der Waals surface area contributed by atoms with Gasteiger partial charge in [-0.3, -0.25) is 0 Å². The highest BCUT2D eigenvalue weighted by molar-refractivity contribution is 5.82. The van der Waals surface area contributed by atoms with E-state index in [2.05, 4.69) is 18.2 Å². The third-order valence-corrected chi connectivity index (χ3v) is 5.97. The SMILES string of the molecule is COc1ccc(CCC#N)cc1-c1cc(CCCCC#N)c(OCc2ccccc2)c(OC)c1OC. The van der Waals surface area contributed by atoms with E-state index in [0.717, 1.165) is 47.1 Å². The molecule has 0 radical (unpaired) electrons. The van der Waals surface area contributed by atoms with Crippen LogP contribution in [-0.4, -0.2) is 21.3 Å². The fraction of sp³-hybridized carbons (Fsp3) is 0.333. The lowest BCUT2D eigenvalue weighted by atomic mass is 9.94. The van der Waals surface area contributed by atoms with Gasteiger partial charge in [0.15, 0.2) is 11.5 Å². The molecule has 0 aliphatic rings. The van der Waals surface area contributed by atoms with E-state index < -0.39 is 0 Å². The van der Waals surface area contributed by atoms with Gasteiger partial charge in [0.25, 0.3) is 0 Å². The second-order valence-electron chi connectivity index (χ2n) is 8.31. The summed E-state index contributed by atoms with van der Waals surface area (Å²) in [6.45, 7) is 0.387. The third kappa shape index (κ3) is 6.49. The smallest absolute Gasteiger partial charge is 0.204 e. The molecule has 3 aromatic rings. The minimum absolute atomic E-state index is 0.387. The zero-order valence-corrected chi connectivity index (χ0v) is 21.2. The van der Waals surface area contributed by atoms with Gasteiger partial charge < -0.3 is 18.9 Å². The van der Waals surface area contributed by atoms with Crippen LogP contribution >= 0.6 is 0 Å². The van der Waals surface area contributed by atoms with Gasteiger partial charge >= 0.3 is 0 Å². The molecular weight excluding hydrogens is 452 g/mol. The van der Waals surface area contributed by atoms with Gasteiger partial charge in [0.1, 0.15) is 12.4 Å². The van der Waals surface area contributed by atoms with E-state index in [-0.39, 0.29) is 0 Å². The molecule has 0 unspecified atom stereocenters. The molecule has 0 atom stereocenters. The van der Waals surface area contributed by atoms with Crippen LogP contribution in [0.25, 0.3) is 11.1 Å². The van der Waals surface area contributed by atoms with E-state index in [0.29, 0.717) is 48.9 Å². The summed E-state index contributed by atoms with van der Waals surface area (Å²) in [6, 6.07) is 22.4. The van der Waals surface area contributed by atoms with Gasteiger partial charge in [0.05, 0.1) is 33.5 Å². The molecule has 0 fully saturated rings. The Morgan fingerprint density at radius 2 is 1.42 bits per heavy atom. The van der Waals surface area contributed by atoms with Crippen LogP contribution in [0.3, 0.4) is 0 Å². The molecule has 0 spiro atoms. The van der Waals surface area contributed by atoms with Crippen LogP contribution in [0.2, 0.25) is 0 Å². The van der Waals surface area contributed by atoms with Gasteiger partial charge in [-0.15, -0.1) is 0 Å². The first-order chi connectivity index (χ1) is 17.7. The summed E-state index contributed by atoms with van der Waals surface area (Å²) in [5, 5.41) is 18.0. The van der Waals surface area contributed by atoms with Crippen molar-refractivity contribution in [3.63, 3.8) is 0 Å².